The van der Waals surface area contributed by atoms with Gasteiger partial charge in [-0.05, 0) is 24.7 Å². The minimum atomic E-state index is 0.176. The van der Waals surface area contributed by atoms with Gasteiger partial charge in [0.25, 0.3) is 0 Å². The van der Waals surface area contributed by atoms with Gasteiger partial charge in [-0.3, -0.25) is 0 Å². The highest BCUT2D eigenvalue weighted by atomic mass is 16.5. The molecule has 0 aliphatic heterocycles. The van der Waals surface area contributed by atoms with Gasteiger partial charge in [0, 0.05) is 25.6 Å². The third kappa shape index (κ3) is 8.18. The Morgan fingerprint density at radius 3 is 2.47 bits per heavy atom. The molecule has 1 atom stereocenters. The standard InChI is InChI=1S/C14H28N2O/c1-6-17-10-13(12(2)3)16-11-14(4,5)8-7-9-15/h12-13,16H,6-8,10-11H2,1-5H3. The molecule has 17 heavy (non-hydrogen) atoms. The number of hydrogen-bond acceptors (Lipinski definition) is 3. The van der Waals surface area contributed by atoms with Crippen LogP contribution in [0.4, 0.5) is 0 Å². The van der Waals surface area contributed by atoms with Crippen molar-refractivity contribution in [3.05, 3.63) is 0 Å². The summed E-state index contributed by atoms with van der Waals surface area (Å²) in [5.74, 6) is 0.563. The maximum Gasteiger partial charge on any atom is 0.0621 e. The lowest BCUT2D eigenvalue weighted by atomic mass is 9.87. The molecule has 0 bridgehead atoms. The Kier molecular flexibility index (Phi) is 8.20. The normalized spacial score (nSPS) is 13.7. The summed E-state index contributed by atoms with van der Waals surface area (Å²) >= 11 is 0. The average molecular weight is 240 g/mol. The first-order valence-electron chi connectivity index (χ1n) is 6.61. The van der Waals surface area contributed by atoms with E-state index in [1.165, 1.54) is 0 Å². The van der Waals surface area contributed by atoms with E-state index in [1.54, 1.807) is 0 Å². The van der Waals surface area contributed by atoms with Gasteiger partial charge in [-0.2, -0.15) is 5.26 Å². The molecule has 0 radical (unpaired) electrons. The topological polar surface area (TPSA) is 45.0 Å². The van der Waals surface area contributed by atoms with Gasteiger partial charge in [-0.15, -0.1) is 0 Å². The lowest BCUT2D eigenvalue weighted by molar-refractivity contribution is 0.103. The first-order valence-corrected chi connectivity index (χ1v) is 6.61. The van der Waals surface area contributed by atoms with Crippen molar-refractivity contribution >= 4 is 0 Å². The zero-order chi connectivity index (χ0) is 13.3. The molecule has 1 unspecified atom stereocenters. The third-order valence-electron chi connectivity index (χ3n) is 3.06. The maximum atomic E-state index is 8.62. The van der Waals surface area contributed by atoms with E-state index in [0.717, 1.165) is 26.2 Å². The van der Waals surface area contributed by atoms with E-state index >= 15 is 0 Å². The van der Waals surface area contributed by atoms with Crippen molar-refractivity contribution in [2.75, 3.05) is 19.8 Å². The Labute approximate surface area is 107 Å². The summed E-state index contributed by atoms with van der Waals surface area (Å²) in [4.78, 5) is 0. The Balaban J connectivity index is 4.06. The van der Waals surface area contributed by atoms with Crippen LogP contribution in [-0.2, 0) is 4.74 Å². The molecule has 0 aromatic rings. The molecule has 0 saturated carbocycles. The van der Waals surface area contributed by atoms with Crippen LogP contribution in [0.15, 0.2) is 0 Å². The quantitative estimate of drug-likeness (QED) is 0.674. The van der Waals surface area contributed by atoms with E-state index in [2.05, 4.69) is 39.1 Å². The van der Waals surface area contributed by atoms with Crippen molar-refractivity contribution < 1.29 is 4.74 Å². The summed E-state index contributed by atoms with van der Waals surface area (Å²) < 4.78 is 5.49. The third-order valence-corrected chi connectivity index (χ3v) is 3.06. The molecular weight excluding hydrogens is 212 g/mol. The van der Waals surface area contributed by atoms with Crippen molar-refractivity contribution in [1.82, 2.24) is 5.32 Å². The predicted octanol–water partition coefficient (Wildman–Crippen LogP) is 2.97. The van der Waals surface area contributed by atoms with Crippen LogP contribution in [0.2, 0.25) is 0 Å². The lowest BCUT2D eigenvalue weighted by Crippen LogP contribution is -2.42. The Morgan fingerprint density at radius 2 is 2.00 bits per heavy atom. The van der Waals surface area contributed by atoms with Crippen LogP contribution in [0.25, 0.3) is 0 Å². The van der Waals surface area contributed by atoms with Crippen molar-refractivity contribution in [2.45, 2.75) is 53.5 Å². The van der Waals surface area contributed by atoms with Crippen LogP contribution >= 0.6 is 0 Å². The van der Waals surface area contributed by atoms with Gasteiger partial charge in [0.2, 0.25) is 0 Å². The van der Waals surface area contributed by atoms with E-state index in [9.17, 15) is 0 Å². The molecule has 100 valence electrons. The average Bonchev–Trinajstić information content (AvgIpc) is 2.26. The first-order chi connectivity index (χ1) is 7.93. The summed E-state index contributed by atoms with van der Waals surface area (Å²) in [6, 6.07) is 2.62. The first kappa shape index (κ1) is 16.4. The van der Waals surface area contributed by atoms with E-state index in [0.29, 0.717) is 18.4 Å². The summed E-state index contributed by atoms with van der Waals surface area (Å²) in [5, 5.41) is 12.2. The smallest absolute Gasteiger partial charge is 0.0621 e. The lowest BCUT2D eigenvalue weighted by Gasteiger charge is -2.29. The van der Waals surface area contributed by atoms with Crippen molar-refractivity contribution in [3.63, 3.8) is 0 Å². The molecule has 0 amide bonds. The highest BCUT2D eigenvalue weighted by Crippen LogP contribution is 2.21. The second-order valence-electron chi connectivity index (χ2n) is 5.71. The monoisotopic (exact) mass is 240 g/mol. The molecule has 1 N–H and O–H groups in total. The molecule has 0 aromatic carbocycles. The van der Waals surface area contributed by atoms with Crippen molar-refractivity contribution in [2.24, 2.45) is 11.3 Å². The van der Waals surface area contributed by atoms with Gasteiger partial charge in [0.05, 0.1) is 12.7 Å². The summed E-state index contributed by atoms with van der Waals surface area (Å²) in [5.41, 5.74) is 0.176. The molecular formula is C14H28N2O. The molecule has 3 nitrogen and oxygen atoms in total. The summed E-state index contributed by atoms with van der Waals surface area (Å²) in [6.45, 7) is 13.3. The number of nitriles is 1. The molecule has 3 heteroatoms. The maximum absolute atomic E-state index is 8.62. The number of rotatable bonds is 9. The van der Waals surface area contributed by atoms with Gasteiger partial charge >= 0.3 is 0 Å². The van der Waals surface area contributed by atoms with Crippen LogP contribution in [-0.4, -0.2) is 25.8 Å². The molecule has 0 rings (SSSR count). The van der Waals surface area contributed by atoms with Crippen LogP contribution < -0.4 is 5.32 Å². The van der Waals surface area contributed by atoms with Gasteiger partial charge < -0.3 is 10.1 Å². The van der Waals surface area contributed by atoms with Gasteiger partial charge in [-0.25, -0.2) is 0 Å². The van der Waals surface area contributed by atoms with Crippen molar-refractivity contribution in [3.8, 4) is 6.07 Å². The Bertz CT molecular complexity index is 231. The van der Waals surface area contributed by atoms with Crippen LogP contribution in [0.1, 0.15) is 47.5 Å². The van der Waals surface area contributed by atoms with E-state index < -0.39 is 0 Å². The van der Waals surface area contributed by atoms with Gasteiger partial charge in [-0.1, -0.05) is 27.7 Å². The second-order valence-corrected chi connectivity index (χ2v) is 5.71. The minimum absolute atomic E-state index is 0.176. The van der Waals surface area contributed by atoms with Crippen LogP contribution in [0.5, 0.6) is 0 Å². The molecule has 0 aliphatic carbocycles. The fourth-order valence-corrected chi connectivity index (χ4v) is 1.62. The fourth-order valence-electron chi connectivity index (χ4n) is 1.62. The fraction of sp³-hybridized carbons (Fsp3) is 0.929. The van der Waals surface area contributed by atoms with E-state index in [4.69, 9.17) is 10.00 Å². The summed E-state index contributed by atoms with van der Waals surface area (Å²) in [6.07, 6.45) is 1.57. The predicted molar refractivity (Wildman–Crippen MR) is 71.7 cm³/mol. The molecule has 0 fully saturated rings. The zero-order valence-corrected chi connectivity index (χ0v) is 12.0. The molecule has 0 aromatic heterocycles. The Morgan fingerprint density at radius 1 is 1.35 bits per heavy atom. The number of nitrogens with one attached hydrogen (secondary N) is 1. The summed E-state index contributed by atoms with van der Waals surface area (Å²) in [7, 11) is 0. The van der Waals surface area contributed by atoms with Crippen LogP contribution in [0, 0.1) is 22.7 Å². The van der Waals surface area contributed by atoms with E-state index in [-0.39, 0.29) is 5.41 Å². The van der Waals surface area contributed by atoms with E-state index in [1.807, 2.05) is 6.92 Å². The van der Waals surface area contributed by atoms with Crippen LogP contribution in [0.3, 0.4) is 0 Å². The molecule has 0 saturated heterocycles. The Hall–Kier alpha value is -0.590. The molecule has 0 aliphatic rings. The minimum Gasteiger partial charge on any atom is -0.380 e. The number of hydrogen-bond donors (Lipinski definition) is 1. The second kappa shape index (κ2) is 8.49. The van der Waals surface area contributed by atoms with Crippen molar-refractivity contribution in [1.29, 1.82) is 5.26 Å². The van der Waals surface area contributed by atoms with Gasteiger partial charge in [0.15, 0.2) is 0 Å². The number of nitrogens with zero attached hydrogens (tertiary/aromatic N) is 1. The van der Waals surface area contributed by atoms with Gasteiger partial charge in [0.1, 0.15) is 0 Å². The highest BCUT2D eigenvalue weighted by molar-refractivity contribution is 4.81. The number of ether oxygens (including phenoxy) is 1. The largest absolute Gasteiger partial charge is 0.380 e. The molecule has 0 heterocycles. The molecule has 0 spiro atoms. The zero-order valence-electron chi connectivity index (χ0n) is 12.0. The SMILES string of the molecule is CCOCC(NCC(C)(C)CCC#N)C(C)C. The highest BCUT2D eigenvalue weighted by Gasteiger charge is 2.20.